The van der Waals surface area contributed by atoms with Crippen LogP contribution in [0.4, 0.5) is 0 Å². The Kier molecular flexibility index (Phi) is 3.78. The number of carbonyl (C=O) groups is 1. The van der Waals surface area contributed by atoms with Gasteiger partial charge in [-0.05, 0) is 13.1 Å². The molecule has 0 atom stereocenters. The maximum absolute atomic E-state index is 12.1. The number of hydrogen-bond acceptors (Lipinski definition) is 4. The van der Waals surface area contributed by atoms with Crippen LogP contribution >= 0.6 is 22.9 Å². The van der Waals surface area contributed by atoms with Crippen LogP contribution in [0.2, 0.25) is 5.15 Å². The first kappa shape index (κ1) is 13.6. The van der Waals surface area contributed by atoms with E-state index in [1.54, 1.807) is 12.2 Å². The molecule has 5 nitrogen and oxygen atoms in total. The van der Waals surface area contributed by atoms with Crippen LogP contribution in [-0.4, -0.2) is 58.3 Å². The highest BCUT2D eigenvalue weighted by Gasteiger charge is 2.17. The number of nitrogens with zero attached hydrogens (tertiary/aromatic N) is 4. The molecule has 0 unspecified atom stereocenters. The third kappa shape index (κ3) is 2.59. The van der Waals surface area contributed by atoms with E-state index in [2.05, 4.69) is 16.9 Å². The minimum absolute atomic E-state index is 0.0272. The van der Waals surface area contributed by atoms with Crippen molar-refractivity contribution in [2.45, 2.75) is 0 Å². The summed E-state index contributed by atoms with van der Waals surface area (Å²) in [6, 6.07) is 0. The second-order valence-corrected chi connectivity index (χ2v) is 6.04. The monoisotopic (exact) mass is 310 g/mol. The lowest BCUT2D eigenvalue weighted by atomic mass is 10.3. The van der Waals surface area contributed by atoms with Crippen LogP contribution in [0.3, 0.4) is 0 Å². The molecule has 0 radical (unpaired) electrons. The second kappa shape index (κ2) is 5.55. The molecule has 1 saturated heterocycles. The average molecular weight is 311 g/mol. The van der Waals surface area contributed by atoms with Gasteiger partial charge in [-0.2, -0.15) is 0 Å². The molecule has 7 heteroatoms. The van der Waals surface area contributed by atoms with Gasteiger partial charge in [-0.1, -0.05) is 11.6 Å². The summed E-state index contributed by atoms with van der Waals surface area (Å²) in [5.41, 5.74) is 0.755. The minimum atomic E-state index is 0.0272. The molecular weight excluding hydrogens is 296 g/mol. The molecular formula is C13H15ClN4OS. The number of fused-ring (bicyclic) bond motifs is 1. The molecule has 3 heterocycles. The quantitative estimate of drug-likeness (QED) is 0.795. The fraction of sp³-hybridized carbons (Fsp3) is 0.385. The predicted octanol–water partition coefficient (Wildman–Crippen LogP) is 1.84. The van der Waals surface area contributed by atoms with Crippen molar-refractivity contribution in [3.8, 4) is 0 Å². The van der Waals surface area contributed by atoms with E-state index in [-0.39, 0.29) is 5.91 Å². The molecule has 2 aromatic rings. The third-order valence-electron chi connectivity index (χ3n) is 3.45. The molecule has 0 aromatic carbocycles. The highest BCUT2D eigenvalue weighted by molar-refractivity contribution is 7.15. The Balaban J connectivity index is 1.75. The Morgan fingerprint density at radius 1 is 1.40 bits per heavy atom. The molecule has 1 amide bonds. The molecule has 0 N–H and O–H groups in total. The molecule has 0 spiro atoms. The molecule has 2 aromatic heterocycles. The number of carbonyl (C=O) groups excluding carboxylic acids is 1. The molecule has 20 heavy (non-hydrogen) atoms. The topological polar surface area (TPSA) is 40.8 Å². The van der Waals surface area contributed by atoms with Gasteiger partial charge in [-0.3, -0.25) is 9.20 Å². The Labute approximate surface area is 126 Å². The largest absolute Gasteiger partial charge is 0.337 e. The van der Waals surface area contributed by atoms with E-state index in [0.717, 1.165) is 36.8 Å². The lowest BCUT2D eigenvalue weighted by Gasteiger charge is -2.31. The smallest absolute Gasteiger partial charge is 0.246 e. The zero-order chi connectivity index (χ0) is 14.1. The van der Waals surface area contributed by atoms with Gasteiger partial charge in [0.1, 0.15) is 0 Å². The summed E-state index contributed by atoms with van der Waals surface area (Å²) in [5.74, 6) is 0.0272. The number of hydrogen-bond donors (Lipinski definition) is 0. The lowest BCUT2D eigenvalue weighted by molar-refractivity contribution is -0.127. The lowest BCUT2D eigenvalue weighted by Crippen LogP contribution is -2.46. The van der Waals surface area contributed by atoms with Gasteiger partial charge in [-0.25, -0.2) is 4.98 Å². The van der Waals surface area contributed by atoms with E-state index in [0.29, 0.717) is 5.15 Å². The van der Waals surface area contributed by atoms with Crippen LogP contribution < -0.4 is 0 Å². The summed E-state index contributed by atoms with van der Waals surface area (Å²) >= 11 is 7.61. The summed E-state index contributed by atoms with van der Waals surface area (Å²) in [5, 5.41) is 2.37. The summed E-state index contributed by atoms with van der Waals surface area (Å²) in [4.78, 5) is 21.3. The number of halogens is 1. The van der Waals surface area contributed by atoms with Gasteiger partial charge in [0.15, 0.2) is 10.1 Å². The third-order valence-corrected chi connectivity index (χ3v) is 4.49. The first-order valence-electron chi connectivity index (χ1n) is 6.42. The first-order valence-corrected chi connectivity index (χ1v) is 7.67. The van der Waals surface area contributed by atoms with Crippen LogP contribution in [-0.2, 0) is 4.79 Å². The summed E-state index contributed by atoms with van der Waals surface area (Å²) < 4.78 is 1.89. The van der Waals surface area contributed by atoms with Crippen molar-refractivity contribution >= 4 is 39.9 Å². The van der Waals surface area contributed by atoms with Gasteiger partial charge in [0, 0.05) is 43.8 Å². The van der Waals surface area contributed by atoms with Gasteiger partial charge in [-0.15, -0.1) is 11.3 Å². The van der Waals surface area contributed by atoms with Crippen molar-refractivity contribution in [3.05, 3.63) is 28.5 Å². The fourth-order valence-electron chi connectivity index (χ4n) is 2.21. The van der Waals surface area contributed by atoms with Crippen molar-refractivity contribution in [1.82, 2.24) is 19.2 Å². The molecule has 1 aliphatic rings. The van der Waals surface area contributed by atoms with Crippen molar-refractivity contribution in [3.63, 3.8) is 0 Å². The molecule has 0 bridgehead atoms. The summed E-state index contributed by atoms with van der Waals surface area (Å²) in [6.07, 6.45) is 5.23. The van der Waals surface area contributed by atoms with E-state index >= 15 is 0 Å². The van der Waals surface area contributed by atoms with E-state index in [9.17, 15) is 4.79 Å². The number of aromatic nitrogens is 2. The van der Waals surface area contributed by atoms with Gasteiger partial charge < -0.3 is 9.80 Å². The van der Waals surface area contributed by atoms with Gasteiger partial charge >= 0.3 is 0 Å². The van der Waals surface area contributed by atoms with Crippen LogP contribution in [0.5, 0.6) is 0 Å². The van der Waals surface area contributed by atoms with E-state index < -0.39 is 0 Å². The van der Waals surface area contributed by atoms with Crippen molar-refractivity contribution in [1.29, 1.82) is 0 Å². The normalized spacial score (nSPS) is 17.4. The summed E-state index contributed by atoms with van der Waals surface area (Å²) in [6.45, 7) is 3.38. The van der Waals surface area contributed by atoms with Crippen molar-refractivity contribution < 1.29 is 4.79 Å². The Morgan fingerprint density at radius 3 is 2.90 bits per heavy atom. The average Bonchev–Trinajstić information content (AvgIpc) is 2.98. The second-order valence-electron chi connectivity index (χ2n) is 4.81. The highest BCUT2D eigenvalue weighted by atomic mass is 35.5. The molecule has 106 valence electrons. The zero-order valence-corrected chi connectivity index (χ0v) is 12.7. The molecule has 0 aliphatic carbocycles. The standard InChI is InChI=1S/C13H15ClN4OS/c1-16-4-6-17(7-5-16)11(19)3-2-10-12(14)15-13-18(10)8-9-20-13/h2-3,8-9H,4-7H2,1H3. The molecule has 3 rings (SSSR count). The number of likely N-dealkylation sites (N-methyl/N-ethyl adjacent to an activating group) is 1. The molecule has 1 aliphatic heterocycles. The highest BCUT2D eigenvalue weighted by Crippen LogP contribution is 2.22. The number of piperazine rings is 1. The predicted molar refractivity (Wildman–Crippen MR) is 81.2 cm³/mol. The Morgan fingerprint density at radius 2 is 2.15 bits per heavy atom. The van der Waals surface area contributed by atoms with Gasteiger partial charge in [0.05, 0.1) is 5.69 Å². The Bertz CT molecular complexity index is 654. The maximum Gasteiger partial charge on any atom is 0.246 e. The van der Waals surface area contributed by atoms with E-state index in [1.165, 1.54) is 11.3 Å². The van der Waals surface area contributed by atoms with Gasteiger partial charge in [0.25, 0.3) is 0 Å². The maximum atomic E-state index is 12.1. The SMILES string of the molecule is CN1CCN(C(=O)C=Cc2c(Cl)nc3sccn23)CC1. The van der Waals surface area contributed by atoms with Crippen LogP contribution in [0.25, 0.3) is 11.0 Å². The number of amides is 1. The van der Waals surface area contributed by atoms with Crippen LogP contribution in [0, 0.1) is 0 Å². The number of imidazole rings is 1. The molecule has 1 fully saturated rings. The number of thiazole rings is 1. The van der Waals surface area contributed by atoms with Gasteiger partial charge in [0.2, 0.25) is 5.91 Å². The van der Waals surface area contributed by atoms with E-state index in [1.807, 2.05) is 20.9 Å². The zero-order valence-electron chi connectivity index (χ0n) is 11.1. The fourth-order valence-corrected chi connectivity index (χ4v) is 3.21. The van der Waals surface area contributed by atoms with E-state index in [4.69, 9.17) is 11.6 Å². The summed E-state index contributed by atoms with van der Waals surface area (Å²) in [7, 11) is 2.07. The number of rotatable bonds is 2. The van der Waals surface area contributed by atoms with Crippen molar-refractivity contribution in [2.75, 3.05) is 33.2 Å². The van der Waals surface area contributed by atoms with Crippen molar-refractivity contribution in [2.24, 2.45) is 0 Å². The first-order chi connectivity index (χ1) is 9.65. The minimum Gasteiger partial charge on any atom is -0.337 e. The van der Waals surface area contributed by atoms with Crippen LogP contribution in [0.1, 0.15) is 5.69 Å². The van der Waals surface area contributed by atoms with Crippen LogP contribution in [0.15, 0.2) is 17.7 Å². The Hall–Kier alpha value is -1.37. The molecule has 0 saturated carbocycles.